The number of rotatable bonds is 4. The number of fused-ring (bicyclic) bond motifs is 2. The SMILES string of the molecule is C[Si](C)=[Zr]([Cl])[Cl].Cc1cc2c(-c3cccc(-c4ccccc4)c3)cccc2[cH-]1.Cc1cc2c(-c3cccc(-c4ccccc4)c3)cccc2[cH-]1. The third-order valence-electron chi connectivity index (χ3n) is 8.73. The average molecular weight is 783 g/mol. The molecule has 8 aromatic rings. The van der Waals surface area contributed by atoms with E-state index in [0.717, 1.165) is 0 Å². The Labute approximate surface area is 312 Å². The molecular weight excluding hydrogens is 743 g/mol. The van der Waals surface area contributed by atoms with E-state index in [1.54, 1.807) is 0 Å². The first-order valence-corrected chi connectivity index (χ1v) is 29.4. The fourth-order valence-corrected chi connectivity index (χ4v) is 6.27. The first kappa shape index (κ1) is 36.0. The van der Waals surface area contributed by atoms with Crippen LogP contribution in [0.4, 0.5) is 0 Å². The molecule has 8 rings (SSSR count). The number of halogens is 2. The topological polar surface area (TPSA) is 0 Å². The zero-order valence-electron chi connectivity index (χ0n) is 28.9. The largest absolute Gasteiger partial charge is 0.165 e. The minimum Gasteiger partial charge on any atom is -0.165 e. The molecule has 0 saturated heterocycles. The van der Waals surface area contributed by atoms with Gasteiger partial charge >= 0.3 is 53.5 Å². The molecule has 0 saturated carbocycles. The van der Waals surface area contributed by atoms with Gasteiger partial charge in [-0.25, -0.2) is 0 Å². The van der Waals surface area contributed by atoms with Crippen LogP contribution in [-0.4, -0.2) is 5.43 Å². The first-order chi connectivity index (χ1) is 24.3. The van der Waals surface area contributed by atoms with Gasteiger partial charge in [-0.2, -0.15) is 12.1 Å². The van der Waals surface area contributed by atoms with E-state index in [1.807, 2.05) is 0 Å². The van der Waals surface area contributed by atoms with E-state index < -0.39 is 18.0 Å². The summed E-state index contributed by atoms with van der Waals surface area (Å²) < 4.78 is 0. The maximum absolute atomic E-state index is 5.62. The smallest absolute Gasteiger partial charge is 0.0178 e. The predicted molar refractivity (Wildman–Crippen MR) is 219 cm³/mol. The van der Waals surface area contributed by atoms with Gasteiger partial charge in [0.25, 0.3) is 0 Å². The van der Waals surface area contributed by atoms with Gasteiger partial charge in [0.2, 0.25) is 0 Å². The maximum Gasteiger partial charge on any atom is -0.0178 e. The van der Waals surface area contributed by atoms with Crippen molar-refractivity contribution in [2.75, 3.05) is 0 Å². The summed E-state index contributed by atoms with van der Waals surface area (Å²) >= 11 is -1.65. The van der Waals surface area contributed by atoms with Crippen LogP contribution in [0.1, 0.15) is 11.1 Å². The Morgan fingerprint density at radius 1 is 0.420 bits per heavy atom. The van der Waals surface area contributed by atoms with Gasteiger partial charge in [0.15, 0.2) is 0 Å². The van der Waals surface area contributed by atoms with Crippen molar-refractivity contribution in [3.63, 3.8) is 0 Å². The Hall–Kier alpha value is -3.78. The third kappa shape index (κ3) is 8.92. The van der Waals surface area contributed by atoms with E-state index in [2.05, 4.69) is 197 Å². The van der Waals surface area contributed by atoms with E-state index >= 15 is 0 Å². The van der Waals surface area contributed by atoms with Crippen LogP contribution in [-0.2, 0) is 18.0 Å². The molecule has 0 N–H and O–H groups in total. The van der Waals surface area contributed by atoms with Crippen LogP contribution in [0.15, 0.2) is 170 Å². The zero-order chi connectivity index (χ0) is 35.0. The van der Waals surface area contributed by atoms with Crippen LogP contribution in [0, 0.1) is 13.8 Å². The standard InChI is InChI=1S/2C22H17.C2H6Si.2ClH.Zr/c2*1-16-13-19-11-6-12-21(22(19)14-16)20-10-5-9-18(15-20)17-7-3-2-4-8-17;1-3-2;;;/h2*2-15H,1H3;1-2H3;2*1H;/q2*-1;;;;+2/p-2. The molecule has 0 atom stereocenters. The molecule has 0 spiro atoms. The van der Waals surface area contributed by atoms with Gasteiger partial charge in [-0.3, -0.25) is 0 Å². The van der Waals surface area contributed by atoms with Gasteiger partial charge in [0.05, 0.1) is 0 Å². The quantitative estimate of drug-likeness (QED) is 0.123. The van der Waals surface area contributed by atoms with Crippen LogP contribution in [0.5, 0.6) is 0 Å². The number of hydrogen-bond donors (Lipinski definition) is 0. The summed E-state index contributed by atoms with van der Waals surface area (Å²) in [4.78, 5) is 0. The second-order valence-electron chi connectivity index (χ2n) is 12.8. The van der Waals surface area contributed by atoms with Crippen molar-refractivity contribution < 1.29 is 18.0 Å². The molecular formula is C46H40Cl2SiZr-2. The third-order valence-corrected chi connectivity index (χ3v) is 28.5. The summed E-state index contributed by atoms with van der Waals surface area (Å²) in [5.41, 5.74) is 12.6. The molecule has 0 radical (unpaired) electrons. The number of benzene rings is 6. The van der Waals surface area contributed by atoms with Gasteiger partial charge in [-0.1, -0.05) is 134 Å². The Morgan fingerprint density at radius 3 is 1.14 bits per heavy atom. The van der Waals surface area contributed by atoms with E-state index in [4.69, 9.17) is 17.0 Å². The molecule has 248 valence electrons. The van der Waals surface area contributed by atoms with Gasteiger partial charge in [-0.05, 0) is 45.5 Å². The van der Waals surface area contributed by atoms with Gasteiger partial charge in [-0.15, -0.1) is 69.1 Å². The molecule has 0 aliphatic rings. The molecule has 0 heterocycles. The molecule has 0 nitrogen and oxygen atoms in total. The van der Waals surface area contributed by atoms with Crippen LogP contribution < -0.4 is 0 Å². The molecule has 0 aliphatic heterocycles. The van der Waals surface area contributed by atoms with Gasteiger partial charge in [0, 0.05) is 0 Å². The van der Waals surface area contributed by atoms with Crippen LogP contribution in [0.3, 0.4) is 0 Å². The average Bonchev–Trinajstić information content (AvgIpc) is 3.73. The summed E-state index contributed by atoms with van der Waals surface area (Å²) in [5, 5.41) is 5.32. The van der Waals surface area contributed by atoms with Crippen molar-refractivity contribution in [1.29, 1.82) is 0 Å². The van der Waals surface area contributed by atoms with Crippen molar-refractivity contribution in [2.45, 2.75) is 26.9 Å². The molecule has 0 bridgehead atoms. The molecule has 50 heavy (non-hydrogen) atoms. The van der Waals surface area contributed by atoms with Crippen molar-refractivity contribution in [3.8, 4) is 44.5 Å². The Bertz CT molecular complexity index is 2210. The van der Waals surface area contributed by atoms with Gasteiger partial charge in [0.1, 0.15) is 0 Å². The second kappa shape index (κ2) is 17.0. The molecule has 0 fully saturated rings. The monoisotopic (exact) mass is 780 g/mol. The molecule has 0 amide bonds. The normalized spacial score (nSPS) is 10.6. The van der Waals surface area contributed by atoms with Crippen LogP contribution in [0.25, 0.3) is 66.1 Å². The fourth-order valence-electron chi connectivity index (χ4n) is 6.27. The minimum absolute atomic E-state index is 0.224. The number of hydrogen-bond acceptors (Lipinski definition) is 0. The maximum atomic E-state index is 5.62. The van der Waals surface area contributed by atoms with Gasteiger partial charge < -0.3 is 0 Å². The summed E-state index contributed by atoms with van der Waals surface area (Å²) in [7, 11) is 11.2. The van der Waals surface area contributed by atoms with Crippen molar-refractivity contribution >= 4 is 44.0 Å². The van der Waals surface area contributed by atoms with E-state index in [1.165, 1.54) is 77.2 Å². The van der Waals surface area contributed by atoms with E-state index in [0.29, 0.717) is 0 Å². The zero-order valence-corrected chi connectivity index (χ0v) is 33.9. The molecule has 0 aliphatic carbocycles. The van der Waals surface area contributed by atoms with Crippen LogP contribution in [0.2, 0.25) is 13.1 Å². The second-order valence-corrected chi connectivity index (χ2v) is 35.8. The van der Waals surface area contributed by atoms with Crippen LogP contribution >= 0.6 is 17.0 Å². The Balaban J connectivity index is 0.000000149. The van der Waals surface area contributed by atoms with Crippen molar-refractivity contribution in [2.24, 2.45) is 0 Å². The molecule has 8 aromatic carbocycles. The Morgan fingerprint density at radius 2 is 0.760 bits per heavy atom. The van der Waals surface area contributed by atoms with Crippen molar-refractivity contribution in [1.82, 2.24) is 0 Å². The summed E-state index contributed by atoms with van der Waals surface area (Å²) in [5.74, 6) is 0. The van der Waals surface area contributed by atoms with E-state index in [9.17, 15) is 0 Å². The first-order valence-electron chi connectivity index (χ1n) is 16.9. The minimum atomic E-state index is -1.65. The summed E-state index contributed by atoms with van der Waals surface area (Å²) in [6.45, 7) is 8.65. The number of aryl methyl sites for hydroxylation is 2. The molecule has 0 aromatic heterocycles. The van der Waals surface area contributed by atoms with Crippen molar-refractivity contribution in [3.05, 3.63) is 181 Å². The summed E-state index contributed by atoms with van der Waals surface area (Å²) in [6, 6.07) is 60.9. The summed E-state index contributed by atoms with van der Waals surface area (Å²) in [6.07, 6.45) is 0. The fraction of sp³-hybridized carbons (Fsp3) is 0.0870. The van der Waals surface area contributed by atoms with E-state index in [-0.39, 0.29) is 5.43 Å². The predicted octanol–water partition coefficient (Wildman–Crippen LogP) is 14.6. The molecule has 0 unspecified atom stereocenters. The molecule has 4 heteroatoms. The Kier molecular flexibility index (Phi) is 12.2.